The van der Waals surface area contributed by atoms with E-state index in [-0.39, 0.29) is 17.2 Å². The Morgan fingerprint density at radius 1 is 1.32 bits per heavy atom. The van der Waals surface area contributed by atoms with E-state index < -0.39 is 18.3 Å². The first-order chi connectivity index (χ1) is 9.15. The SMILES string of the molecule is COc1cc(F)c(C2CCCN(CCF)C2)c(F)c1. The first kappa shape index (κ1) is 14.2. The molecule has 0 spiro atoms. The van der Waals surface area contributed by atoms with Crippen LogP contribution in [0.4, 0.5) is 13.2 Å². The number of methoxy groups -OCH3 is 1. The molecule has 0 N–H and O–H groups in total. The maximum atomic E-state index is 14.0. The predicted molar refractivity (Wildman–Crippen MR) is 67.3 cm³/mol. The maximum Gasteiger partial charge on any atom is 0.133 e. The van der Waals surface area contributed by atoms with Crippen molar-refractivity contribution in [2.24, 2.45) is 0 Å². The van der Waals surface area contributed by atoms with Crippen LogP contribution in [0.2, 0.25) is 0 Å². The average molecular weight is 273 g/mol. The summed E-state index contributed by atoms with van der Waals surface area (Å²) < 4.78 is 45.2. The molecule has 0 aromatic heterocycles. The van der Waals surface area contributed by atoms with E-state index in [1.807, 2.05) is 4.90 Å². The smallest absolute Gasteiger partial charge is 0.133 e. The standard InChI is InChI=1S/C14H18F3NO/c1-19-11-7-12(16)14(13(17)8-11)10-3-2-5-18(9-10)6-4-15/h7-8,10H,2-6,9H2,1H3. The fourth-order valence-corrected chi connectivity index (χ4v) is 2.68. The van der Waals surface area contributed by atoms with Gasteiger partial charge in [0, 0.05) is 36.7 Å². The van der Waals surface area contributed by atoms with Crippen molar-refractivity contribution in [1.82, 2.24) is 4.90 Å². The van der Waals surface area contributed by atoms with Crippen molar-refractivity contribution in [2.75, 3.05) is 33.4 Å². The van der Waals surface area contributed by atoms with Crippen molar-refractivity contribution in [3.05, 3.63) is 29.3 Å². The summed E-state index contributed by atoms with van der Waals surface area (Å²) in [6.07, 6.45) is 1.55. The maximum absolute atomic E-state index is 14.0. The minimum absolute atomic E-state index is 0.101. The van der Waals surface area contributed by atoms with Gasteiger partial charge >= 0.3 is 0 Å². The molecule has 1 saturated heterocycles. The van der Waals surface area contributed by atoms with Crippen LogP contribution in [-0.4, -0.2) is 38.3 Å². The van der Waals surface area contributed by atoms with Gasteiger partial charge in [0.1, 0.15) is 24.1 Å². The van der Waals surface area contributed by atoms with Crippen LogP contribution in [0.5, 0.6) is 5.75 Å². The highest BCUT2D eigenvalue weighted by Crippen LogP contribution is 2.32. The fraction of sp³-hybridized carbons (Fsp3) is 0.571. The van der Waals surface area contributed by atoms with Crippen LogP contribution in [0, 0.1) is 11.6 Å². The Morgan fingerprint density at radius 2 is 2.00 bits per heavy atom. The van der Waals surface area contributed by atoms with E-state index >= 15 is 0 Å². The van der Waals surface area contributed by atoms with Gasteiger partial charge in [0.2, 0.25) is 0 Å². The van der Waals surface area contributed by atoms with Crippen LogP contribution >= 0.6 is 0 Å². The number of halogens is 3. The summed E-state index contributed by atoms with van der Waals surface area (Å²) >= 11 is 0. The summed E-state index contributed by atoms with van der Waals surface area (Å²) in [6, 6.07) is 2.40. The summed E-state index contributed by atoms with van der Waals surface area (Å²) in [5.41, 5.74) is 0.101. The lowest BCUT2D eigenvalue weighted by Crippen LogP contribution is -2.36. The highest BCUT2D eigenvalue weighted by Gasteiger charge is 2.26. The van der Waals surface area contributed by atoms with E-state index in [1.54, 1.807) is 0 Å². The zero-order valence-electron chi connectivity index (χ0n) is 11.0. The number of hydrogen-bond donors (Lipinski definition) is 0. The highest BCUT2D eigenvalue weighted by atomic mass is 19.1. The molecule has 1 aromatic rings. The fourth-order valence-electron chi connectivity index (χ4n) is 2.68. The zero-order valence-corrected chi connectivity index (χ0v) is 11.0. The van der Waals surface area contributed by atoms with Gasteiger partial charge in [-0.1, -0.05) is 0 Å². The summed E-state index contributed by atoms with van der Waals surface area (Å²) in [5, 5.41) is 0. The molecule has 2 nitrogen and oxygen atoms in total. The lowest BCUT2D eigenvalue weighted by atomic mass is 9.89. The van der Waals surface area contributed by atoms with E-state index in [4.69, 9.17) is 4.74 Å². The Kier molecular flexibility index (Phi) is 4.69. The Hall–Kier alpha value is -1.23. The highest BCUT2D eigenvalue weighted by molar-refractivity contribution is 5.33. The molecule has 1 aromatic carbocycles. The average Bonchev–Trinajstić information content (AvgIpc) is 2.38. The number of likely N-dealkylation sites (tertiary alicyclic amines) is 1. The molecule has 1 heterocycles. The largest absolute Gasteiger partial charge is 0.497 e. The molecule has 1 atom stereocenters. The van der Waals surface area contributed by atoms with Gasteiger partial charge in [0.05, 0.1) is 7.11 Å². The van der Waals surface area contributed by atoms with E-state index in [0.717, 1.165) is 19.4 Å². The van der Waals surface area contributed by atoms with Crippen molar-refractivity contribution in [3.63, 3.8) is 0 Å². The molecule has 2 rings (SSSR count). The van der Waals surface area contributed by atoms with Crippen LogP contribution < -0.4 is 4.74 Å². The third-order valence-corrected chi connectivity index (χ3v) is 3.60. The van der Waals surface area contributed by atoms with Crippen molar-refractivity contribution in [1.29, 1.82) is 0 Å². The monoisotopic (exact) mass is 273 g/mol. The first-order valence-electron chi connectivity index (χ1n) is 6.47. The lowest BCUT2D eigenvalue weighted by molar-refractivity contribution is 0.189. The van der Waals surface area contributed by atoms with Gasteiger partial charge in [-0.3, -0.25) is 0 Å². The molecule has 5 heteroatoms. The van der Waals surface area contributed by atoms with E-state index in [2.05, 4.69) is 0 Å². The number of hydrogen-bond acceptors (Lipinski definition) is 2. The van der Waals surface area contributed by atoms with Gasteiger partial charge in [-0.05, 0) is 19.4 Å². The van der Waals surface area contributed by atoms with Crippen molar-refractivity contribution < 1.29 is 17.9 Å². The Bertz CT molecular complexity index is 414. The Balaban J connectivity index is 2.21. The summed E-state index contributed by atoms with van der Waals surface area (Å²) in [5.74, 6) is -1.20. The van der Waals surface area contributed by atoms with Crippen molar-refractivity contribution >= 4 is 0 Å². The summed E-state index contributed by atoms with van der Waals surface area (Å²) in [4.78, 5) is 1.91. The number of alkyl halides is 1. The van der Waals surface area contributed by atoms with Crippen LogP contribution in [0.25, 0.3) is 0 Å². The van der Waals surface area contributed by atoms with Crippen molar-refractivity contribution in [2.45, 2.75) is 18.8 Å². The molecule has 0 aliphatic carbocycles. The van der Waals surface area contributed by atoms with Gasteiger partial charge in [0.15, 0.2) is 0 Å². The number of piperidine rings is 1. The number of rotatable bonds is 4. The van der Waals surface area contributed by atoms with E-state index in [1.165, 1.54) is 19.2 Å². The quantitative estimate of drug-likeness (QED) is 0.835. The van der Waals surface area contributed by atoms with Gasteiger partial charge < -0.3 is 9.64 Å². The van der Waals surface area contributed by atoms with Crippen LogP contribution in [0.15, 0.2) is 12.1 Å². The number of nitrogens with zero attached hydrogens (tertiary/aromatic N) is 1. The molecule has 19 heavy (non-hydrogen) atoms. The van der Waals surface area contributed by atoms with Crippen LogP contribution in [0.3, 0.4) is 0 Å². The van der Waals surface area contributed by atoms with Crippen molar-refractivity contribution in [3.8, 4) is 5.75 Å². The topological polar surface area (TPSA) is 12.5 Å². The van der Waals surface area contributed by atoms with Gasteiger partial charge in [0.25, 0.3) is 0 Å². The molecule has 1 aliphatic heterocycles. The molecule has 1 aliphatic rings. The molecule has 0 radical (unpaired) electrons. The molecule has 0 bridgehead atoms. The summed E-state index contributed by atoms with van der Waals surface area (Å²) in [7, 11) is 1.37. The molecular weight excluding hydrogens is 255 g/mol. The van der Waals surface area contributed by atoms with Gasteiger partial charge in [-0.2, -0.15) is 0 Å². The van der Waals surface area contributed by atoms with Crippen LogP contribution in [-0.2, 0) is 0 Å². The van der Waals surface area contributed by atoms with Crippen LogP contribution in [0.1, 0.15) is 24.3 Å². The normalized spacial score (nSPS) is 20.5. The Labute approximate surface area is 111 Å². The molecule has 0 amide bonds. The minimum atomic E-state index is -0.580. The third-order valence-electron chi connectivity index (χ3n) is 3.60. The second-order valence-corrected chi connectivity index (χ2v) is 4.83. The van der Waals surface area contributed by atoms with E-state index in [0.29, 0.717) is 13.1 Å². The first-order valence-corrected chi connectivity index (χ1v) is 6.47. The predicted octanol–water partition coefficient (Wildman–Crippen LogP) is 3.12. The second-order valence-electron chi connectivity index (χ2n) is 4.83. The third kappa shape index (κ3) is 3.21. The lowest BCUT2D eigenvalue weighted by Gasteiger charge is -2.32. The molecular formula is C14H18F3NO. The molecule has 1 unspecified atom stereocenters. The van der Waals surface area contributed by atoms with E-state index in [9.17, 15) is 13.2 Å². The molecule has 1 fully saturated rings. The molecule has 106 valence electrons. The zero-order chi connectivity index (χ0) is 13.8. The molecule has 0 saturated carbocycles. The number of ether oxygens (including phenoxy) is 1. The minimum Gasteiger partial charge on any atom is -0.497 e. The second kappa shape index (κ2) is 6.28. The van der Waals surface area contributed by atoms with Gasteiger partial charge in [-0.15, -0.1) is 0 Å². The van der Waals surface area contributed by atoms with Gasteiger partial charge in [-0.25, -0.2) is 13.2 Å². The Morgan fingerprint density at radius 3 is 2.58 bits per heavy atom. The summed E-state index contributed by atoms with van der Waals surface area (Å²) in [6.45, 7) is 1.19. The number of benzene rings is 1.